The molecule has 7 nitrogen and oxygen atoms in total. The molecular weight excluding hydrogens is 493 g/mol. The average Bonchev–Trinajstić information content (AvgIpc) is 2.73. The quantitative estimate of drug-likeness (QED) is 0.274. The zero-order chi connectivity index (χ0) is 21.1. The first-order valence-electron chi connectivity index (χ1n) is 10.8. The minimum atomic E-state index is 0. The Morgan fingerprint density at radius 3 is 2.37 bits per heavy atom. The summed E-state index contributed by atoms with van der Waals surface area (Å²) in [6, 6.07) is 6.65. The van der Waals surface area contributed by atoms with E-state index in [0.717, 1.165) is 63.1 Å². The second-order valence-corrected chi connectivity index (χ2v) is 7.47. The summed E-state index contributed by atoms with van der Waals surface area (Å²) in [6.07, 6.45) is 0.890. The zero-order valence-corrected chi connectivity index (χ0v) is 21.6. The van der Waals surface area contributed by atoms with Gasteiger partial charge in [-0.15, -0.1) is 24.0 Å². The number of nitrogens with one attached hydrogen (secondary N) is 2. The van der Waals surface area contributed by atoms with E-state index in [4.69, 9.17) is 9.47 Å². The normalized spacial score (nSPS) is 16.5. The number of rotatable bonds is 10. The van der Waals surface area contributed by atoms with Gasteiger partial charge in [-0.2, -0.15) is 0 Å². The first-order chi connectivity index (χ1) is 14.1. The van der Waals surface area contributed by atoms with Crippen molar-refractivity contribution in [3.05, 3.63) is 23.8 Å². The van der Waals surface area contributed by atoms with Crippen molar-refractivity contribution in [2.45, 2.75) is 33.2 Å². The Balaban J connectivity index is 0.00000450. The fourth-order valence-corrected chi connectivity index (χ4v) is 3.43. The summed E-state index contributed by atoms with van der Waals surface area (Å²) in [5, 5.41) is 6.87. The van der Waals surface area contributed by atoms with E-state index < -0.39 is 0 Å². The van der Waals surface area contributed by atoms with Gasteiger partial charge < -0.3 is 25.0 Å². The topological polar surface area (TPSA) is 61.4 Å². The summed E-state index contributed by atoms with van der Waals surface area (Å²) in [7, 11) is 4.01. The monoisotopic (exact) mass is 533 g/mol. The van der Waals surface area contributed by atoms with Crippen LogP contribution in [-0.4, -0.2) is 88.4 Å². The standard InChI is InChI=1S/C22H39N5O2.HI/c1-6-28-20-9-8-19(16-21(20)29-7-2)10-11-24-22(23-4)25-17-18(3)27-14-12-26(5)13-15-27;/h8-9,16,18H,6-7,10-15,17H2,1-5H3,(H2,23,24,25);1H. The number of piperazine rings is 1. The number of nitrogens with zero attached hydrogens (tertiary/aromatic N) is 3. The maximum atomic E-state index is 5.72. The van der Waals surface area contributed by atoms with Crippen molar-refractivity contribution in [1.29, 1.82) is 0 Å². The molecule has 0 saturated carbocycles. The maximum absolute atomic E-state index is 5.72. The van der Waals surface area contributed by atoms with E-state index in [0.29, 0.717) is 19.3 Å². The van der Waals surface area contributed by atoms with Crippen LogP contribution in [0.15, 0.2) is 23.2 Å². The van der Waals surface area contributed by atoms with Crippen molar-refractivity contribution in [2.24, 2.45) is 4.99 Å². The van der Waals surface area contributed by atoms with Crippen molar-refractivity contribution in [2.75, 3.05) is 66.6 Å². The fraction of sp³-hybridized carbons (Fsp3) is 0.682. The summed E-state index contributed by atoms with van der Waals surface area (Å²) in [5.74, 6) is 2.47. The number of guanidine groups is 1. The molecule has 0 amide bonds. The third kappa shape index (κ3) is 8.85. The van der Waals surface area contributed by atoms with Gasteiger partial charge in [-0.25, -0.2) is 0 Å². The van der Waals surface area contributed by atoms with Crippen LogP contribution in [0, 0.1) is 0 Å². The highest BCUT2D eigenvalue weighted by Gasteiger charge is 2.19. The number of halogens is 1. The van der Waals surface area contributed by atoms with E-state index in [9.17, 15) is 0 Å². The molecule has 30 heavy (non-hydrogen) atoms. The van der Waals surface area contributed by atoms with Crippen LogP contribution in [0.25, 0.3) is 0 Å². The summed E-state index contributed by atoms with van der Waals surface area (Å²) < 4.78 is 11.4. The van der Waals surface area contributed by atoms with Crippen LogP contribution in [0.3, 0.4) is 0 Å². The minimum Gasteiger partial charge on any atom is -0.490 e. The van der Waals surface area contributed by atoms with Crippen molar-refractivity contribution in [3.63, 3.8) is 0 Å². The second-order valence-electron chi connectivity index (χ2n) is 7.47. The third-order valence-corrected chi connectivity index (χ3v) is 5.26. The summed E-state index contributed by atoms with van der Waals surface area (Å²) in [6.45, 7) is 13.8. The molecule has 2 rings (SSSR count). The Bertz CT molecular complexity index is 636. The number of hydrogen-bond acceptors (Lipinski definition) is 5. The van der Waals surface area contributed by atoms with Gasteiger partial charge in [-0.3, -0.25) is 9.89 Å². The van der Waals surface area contributed by atoms with E-state index in [1.165, 1.54) is 5.56 Å². The van der Waals surface area contributed by atoms with Crippen molar-refractivity contribution < 1.29 is 9.47 Å². The molecule has 0 aliphatic carbocycles. The molecule has 0 spiro atoms. The van der Waals surface area contributed by atoms with Crippen LogP contribution in [-0.2, 0) is 6.42 Å². The molecule has 1 aliphatic rings. The molecule has 1 aromatic carbocycles. The van der Waals surface area contributed by atoms with Crippen LogP contribution in [0.2, 0.25) is 0 Å². The molecule has 0 bridgehead atoms. The van der Waals surface area contributed by atoms with Crippen LogP contribution in [0.1, 0.15) is 26.3 Å². The lowest BCUT2D eigenvalue weighted by Crippen LogP contribution is -2.52. The first kappa shape index (κ1) is 26.8. The van der Waals surface area contributed by atoms with Gasteiger partial charge in [0, 0.05) is 52.4 Å². The molecule has 8 heteroatoms. The zero-order valence-electron chi connectivity index (χ0n) is 19.2. The Morgan fingerprint density at radius 2 is 1.73 bits per heavy atom. The average molecular weight is 533 g/mol. The Hall–Kier alpha value is -1.26. The highest BCUT2D eigenvalue weighted by Crippen LogP contribution is 2.28. The molecular formula is C22H40IN5O2. The van der Waals surface area contributed by atoms with Gasteiger partial charge in [-0.1, -0.05) is 6.07 Å². The Kier molecular flexibility index (Phi) is 13.1. The van der Waals surface area contributed by atoms with Gasteiger partial charge >= 0.3 is 0 Å². The number of ether oxygens (including phenoxy) is 2. The summed E-state index contributed by atoms with van der Waals surface area (Å²) in [4.78, 5) is 9.28. The largest absolute Gasteiger partial charge is 0.490 e. The smallest absolute Gasteiger partial charge is 0.191 e. The van der Waals surface area contributed by atoms with Gasteiger partial charge in [-0.05, 0) is 51.9 Å². The van der Waals surface area contributed by atoms with Gasteiger partial charge in [0.2, 0.25) is 0 Å². The van der Waals surface area contributed by atoms with E-state index in [1.54, 1.807) is 0 Å². The van der Waals surface area contributed by atoms with E-state index in [-0.39, 0.29) is 24.0 Å². The first-order valence-corrected chi connectivity index (χ1v) is 10.8. The van der Waals surface area contributed by atoms with Gasteiger partial charge in [0.05, 0.1) is 13.2 Å². The predicted molar refractivity (Wildman–Crippen MR) is 136 cm³/mol. The molecule has 2 N–H and O–H groups in total. The van der Waals surface area contributed by atoms with Crippen LogP contribution >= 0.6 is 24.0 Å². The van der Waals surface area contributed by atoms with Gasteiger partial charge in [0.1, 0.15) is 0 Å². The number of hydrogen-bond donors (Lipinski definition) is 2. The van der Waals surface area contributed by atoms with E-state index in [1.807, 2.05) is 27.0 Å². The predicted octanol–water partition coefficient (Wildman–Crippen LogP) is 2.45. The van der Waals surface area contributed by atoms with Crippen LogP contribution in [0.4, 0.5) is 0 Å². The molecule has 0 aromatic heterocycles. The lowest BCUT2D eigenvalue weighted by molar-refractivity contribution is 0.120. The van der Waals surface area contributed by atoms with E-state index in [2.05, 4.69) is 51.5 Å². The molecule has 1 unspecified atom stereocenters. The third-order valence-electron chi connectivity index (χ3n) is 5.26. The number of likely N-dealkylation sites (N-methyl/N-ethyl adjacent to an activating group) is 1. The van der Waals surface area contributed by atoms with Crippen molar-refractivity contribution in [3.8, 4) is 11.5 Å². The Labute approximate surface area is 199 Å². The minimum absolute atomic E-state index is 0. The van der Waals surface area contributed by atoms with Crippen LogP contribution < -0.4 is 20.1 Å². The lowest BCUT2D eigenvalue weighted by atomic mass is 10.1. The molecule has 1 heterocycles. The maximum Gasteiger partial charge on any atom is 0.191 e. The molecule has 1 saturated heterocycles. The molecule has 1 atom stereocenters. The highest BCUT2D eigenvalue weighted by atomic mass is 127. The summed E-state index contributed by atoms with van der Waals surface area (Å²) >= 11 is 0. The molecule has 1 aromatic rings. The van der Waals surface area contributed by atoms with Gasteiger partial charge in [0.25, 0.3) is 0 Å². The molecule has 0 radical (unpaired) electrons. The molecule has 1 fully saturated rings. The molecule has 1 aliphatic heterocycles. The Morgan fingerprint density at radius 1 is 1.07 bits per heavy atom. The summed E-state index contributed by atoms with van der Waals surface area (Å²) in [5.41, 5.74) is 1.21. The molecule has 172 valence electrons. The lowest BCUT2D eigenvalue weighted by Gasteiger charge is -2.36. The number of aliphatic imine (C=N–C) groups is 1. The second kappa shape index (κ2) is 14.7. The van der Waals surface area contributed by atoms with Crippen molar-refractivity contribution >= 4 is 29.9 Å². The van der Waals surface area contributed by atoms with Gasteiger partial charge in [0.15, 0.2) is 17.5 Å². The highest BCUT2D eigenvalue weighted by molar-refractivity contribution is 14.0. The van der Waals surface area contributed by atoms with Crippen LogP contribution in [0.5, 0.6) is 11.5 Å². The number of benzene rings is 1. The fourth-order valence-electron chi connectivity index (χ4n) is 3.43. The van der Waals surface area contributed by atoms with E-state index >= 15 is 0 Å². The SMILES string of the molecule is CCOc1ccc(CCNC(=NC)NCC(C)N2CCN(C)CC2)cc1OCC.I. The van der Waals surface area contributed by atoms with Crippen molar-refractivity contribution in [1.82, 2.24) is 20.4 Å².